The molecule has 144 valence electrons. The van der Waals surface area contributed by atoms with Crippen LogP contribution in [0.1, 0.15) is 13.8 Å². The van der Waals surface area contributed by atoms with Crippen LogP contribution in [-0.2, 0) is 0 Å². The molecule has 6 N–H and O–H groups in total. The number of hydrazine groups is 1. The number of aliphatic hydroxyl groups is 2. The molecular formula is C16H27N7O3. The zero-order valence-electron chi connectivity index (χ0n) is 15.4. The fourth-order valence-corrected chi connectivity index (χ4v) is 3.09. The summed E-state index contributed by atoms with van der Waals surface area (Å²) in [7, 11) is 3.63. The SMILES string of the molecule is CC(CN(C)NC(O)C#N)C(C)CN(C)C1=C2C(O)=CNC2NC(=O)N1. The normalized spacial score (nSPS) is 22.4. The number of fused-ring (bicyclic) bond motifs is 1. The number of amides is 2. The third kappa shape index (κ3) is 4.57. The molecule has 26 heavy (non-hydrogen) atoms. The second-order valence-corrected chi connectivity index (χ2v) is 6.87. The number of urea groups is 1. The predicted molar refractivity (Wildman–Crippen MR) is 94.7 cm³/mol. The summed E-state index contributed by atoms with van der Waals surface area (Å²) in [6.45, 7) is 5.44. The van der Waals surface area contributed by atoms with Crippen molar-refractivity contribution in [3.05, 3.63) is 23.4 Å². The molecule has 4 unspecified atom stereocenters. The molecule has 0 radical (unpaired) electrons. The van der Waals surface area contributed by atoms with Gasteiger partial charge in [-0.05, 0) is 11.8 Å². The van der Waals surface area contributed by atoms with Crippen molar-refractivity contribution < 1.29 is 15.0 Å². The van der Waals surface area contributed by atoms with Crippen molar-refractivity contribution in [1.29, 1.82) is 5.26 Å². The average molecular weight is 365 g/mol. The van der Waals surface area contributed by atoms with Gasteiger partial charge in [0.05, 0.1) is 5.57 Å². The lowest BCUT2D eigenvalue weighted by Gasteiger charge is -2.34. The maximum Gasteiger partial charge on any atom is 0.322 e. The van der Waals surface area contributed by atoms with Crippen LogP contribution in [0.2, 0.25) is 0 Å². The number of nitrogens with one attached hydrogen (secondary N) is 4. The number of hydrogen-bond donors (Lipinski definition) is 6. The maximum absolute atomic E-state index is 11.8. The molecule has 0 saturated carbocycles. The van der Waals surface area contributed by atoms with Crippen LogP contribution in [0.25, 0.3) is 0 Å². The molecule has 2 heterocycles. The molecule has 0 fully saturated rings. The Morgan fingerprint density at radius 1 is 1.35 bits per heavy atom. The molecular weight excluding hydrogens is 338 g/mol. The summed E-state index contributed by atoms with van der Waals surface area (Å²) < 4.78 is 0. The van der Waals surface area contributed by atoms with E-state index in [0.717, 1.165) is 0 Å². The highest BCUT2D eigenvalue weighted by Gasteiger charge is 2.34. The Hall–Kier alpha value is -2.48. The number of carbonyl (C=O) groups is 1. The lowest BCUT2D eigenvalue weighted by molar-refractivity contribution is 0.0701. The summed E-state index contributed by atoms with van der Waals surface area (Å²) in [5, 5.41) is 38.1. The van der Waals surface area contributed by atoms with E-state index in [1.807, 2.05) is 11.9 Å². The van der Waals surface area contributed by atoms with Gasteiger partial charge in [-0.1, -0.05) is 13.8 Å². The number of aliphatic hydroxyl groups excluding tert-OH is 2. The third-order valence-corrected chi connectivity index (χ3v) is 4.66. The smallest absolute Gasteiger partial charge is 0.322 e. The van der Waals surface area contributed by atoms with Crippen molar-refractivity contribution in [2.75, 3.05) is 27.2 Å². The van der Waals surface area contributed by atoms with E-state index < -0.39 is 12.4 Å². The van der Waals surface area contributed by atoms with Gasteiger partial charge in [0.1, 0.15) is 23.8 Å². The first kappa shape index (κ1) is 19.8. The second kappa shape index (κ2) is 8.27. The van der Waals surface area contributed by atoms with Gasteiger partial charge >= 0.3 is 6.03 Å². The van der Waals surface area contributed by atoms with Crippen LogP contribution in [0.4, 0.5) is 4.79 Å². The minimum atomic E-state index is -1.23. The molecule has 0 bridgehead atoms. The van der Waals surface area contributed by atoms with E-state index >= 15 is 0 Å². The van der Waals surface area contributed by atoms with Crippen LogP contribution in [0, 0.1) is 23.2 Å². The quantitative estimate of drug-likeness (QED) is 0.189. The Labute approximate surface area is 153 Å². The fraction of sp³-hybridized carbons (Fsp3) is 0.625. The molecule has 10 nitrogen and oxygen atoms in total. The van der Waals surface area contributed by atoms with Crippen LogP contribution in [-0.4, -0.2) is 65.7 Å². The standard InChI is InChI=1S/C16H27N7O3/c1-9(10(2)8-23(4)21-12(25)5-17)7-22(3)15-13-11(24)6-18-14(13)19-16(26)20-15/h6,9-10,12,14,18,21,24-25H,7-8H2,1-4H3,(H2,19,20,26). The minimum absolute atomic E-state index is 0.0967. The highest BCUT2D eigenvalue weighted by molar-refractivity contribution is 5.79. The maximum atomic E-state index is 11.8. The molecule has 0 aliphatic carbocycles. The lowest BCUT2D eigenvalue weighted by atomic mass is 9.95. The molecule has 2 aliphatic rings. The van der Waals surface area contributed by atoms with Gasteiger partial charge in [-0.2, -0.15) is 5.26 Å². The summed E-state index contributed by atoms with van der Waals surface area (Å²) in [6, 6.07) is 1.38. The molecule has 4 atom stereocenters. The number of rotatable bonds is 8. The van der Waals surface area contributed by atoms with Crippen molar-refractivity contribution in [2.45, 2.75) is 26.2 Å². The van der Waals surface area contributed by atoms with Crippen LogP contribution in [0.3, 0.4) is 0 Å². The third-order valence-electron chi connectivity index (χ3n) is 4.66. The van der Waals surface area contributed by atoms with Crippen molar-refractivity contribution in [2.24, 2.45) is 11.8 Å². The lowest BCUT2D eigenvalue weighted by Crippen LogP contribution is -2.54. The zero-order valence-corrected chi connectivity index (χ0v) is 15.4. The summed E-state index contributed by atoms with van der Waals surface area (Å²) in [5.41, 5.74) is 3.28. The summed E-state index contributed by atoms with van der Waals surface area (Å²) in [6.07, 6.45) is -0.200. The molecule has 0 aromatic carbocycles. The van der Waals surface area contributed by atoms with Gasteiger partial charge in [0.25, 0.3) is 0 Å². The van der Waals surface area contributed by atoms with E-state index in [-0.39, 0.29) is 23.6 Å². The van der Waals surface area contributed by atoms with Crippen molar-refractivity contribution in [3.8, 4) is 6.07 Å². The Morgan fingerprint density at radius 3 is 2.65 bits per heavy atom. The second-order valence-electron chi connectivity index (χ2n) is 6.87. The van der Waals surface area contributed by atoms with Crippen LogP contribution >= 0.6 is 0 Å². The van der Waals surface area contributed by atoms with Crippen LogP contribution in [0.15, 0.2) is 23.4 Å². The Morgan fingerprint density at radius 2 is 2.00 bits per heavy atom. The number of carbonyl (C=O) groups excluding carboxylic acids is 1. The largest absolute Gasteiger partial charge is 0.506 e. The minimum Gasteiger partial charge on any atom is -0.506 e. The summed E-state index contributed by atoms with van der Waals surface area (Å²) in [5.74, 6) is 1.15. The average Bonchev–Trinajstić information content (AvgIpc) is 2.94. The Bertz CT molecular complexity index is 642. The van der Waals surface area contributed by atoms with Gasteiger partial charge < -0.3 is 25.7 Å². The molecule has 10 heteroatoms. The van der Waals surface area contributed by atoms with Gasteiger partial charge in [-0.3, -0.25) is 5.32 Å². The van der Waals surface area contributed by atoms with Crippen LogP contribution < -0.4 is 21.4 Å². The van der Waals surface area contributed by atoms with Gasteiger partial charge in [-0.25, -0.2) is 15.2 Å². The number of hydrogen-bond acceptors (Lipinski definition) is 8. The van der Waals surface area contributed by atoms with Gasteiger partial charge in [-0.15, -0.1) is 0 Å². The van der Waals surface area contributed by atoms with E-state index in [1.165, 1.54) is 6.20 Å². The molecule has 0 aromatic heterocycles. The molecule has 0 aromatic rings. The first-order chi connectivity index (χ1) is 12.2. The first-order valence-electron chi connectivity index (χ1n) is 8.46. The fourth-order valence-electron chi connectivity index (χ4n) is 3.09. The highest BCUT2D eigenvalue weighted by atomic mass is 16.3. The van der Waals surface area contributed by atoms with Crippen molar-refractivity contribution in [3.63, 3.8) is 0 Å². The van der Waals surface area contributed by atoms with Gasteiger partial charge in [0.2, 0.25) is 6.23 Å². The molecule has 2 rings (SSSR count). The summed E-state index contributed by atoms with van der Waals surface area (Å²) in [4.78, 5) is 13.7. The molecule has 2 aliphatic heterocycles. The van der Waals surface area contributed by atoms with E-state index in [0.29, 0.717) is 24.5 Å². The first-order valence-corrected chi connectivity index (χ1v) is 8.46. The Kier molecular flexibility index (Phi) is 6.31. The van der Waals surface area contributed by atoms with Crippen molar-refractivity contribution >= 4 is 6.03 Å². The molecule has 2 amide bonds. The molecule has 0 spiro atoms. The summed E-state index contributed by atoms with van der Waals surface area (Å²) >= 11 is 0. The van der Waals surface area contributed by atoms with E-state index in [4.69, 9.17) is 5.26 Å². The van der Waals surface area contributed by atoms with Crippen molar-refractivity contribution in [1.82, 2.24) is 31.3 Å². The van der Waals surface area contributed by atoms with E-state index in [2.05, 4.69) is 35.2 Å². The van der Waals surface area contributed by atoms with Gasteiger partial charge in [0, 0.05) is 33.4 Å². The monoisotopic (exact) mass is 365 g/mol. The van der Waals surface area contributed by atoms with Crippen LogP contribution in [0.5, 0.6) is 0 Å². The number of nitriles is 1. The van der Waals surface area contributed by atoms with E-state index in [9.17, 15) is 15.0 Å². The predicted octanol–water partition coefficient (Wildman–Crippen LogP) is -0.678. The molecule has 0 saturated heterocycles. The number of nitrogens with zero attached hydrogens (tertiary/aromatic N) is 3. The zero-order chi connectivity index (χ0) is 19.4. The van der Waals surface area contributed by atoms with E-state index in [1.54, 1.807) is 18.1 Å². The topological polar surface area (TPSA) is 136 Å². The van der Waals surface area contributed by atoms with Gasteiger partial charge in [0.15, 0.2) is 0 Å². The highest BCUT2D eigenvalue weighted by Crippen LogP contribution is 2.25. The Balaban J connectivity index is 1.98.